The predicted molar refractivity (Wildman–Crippen MR) is 72.4 cm³/mol. The second-order valence-electron chi connectivity index (χ2n) is 3.93. The first-order valence-corrected chi connectivity index (χ1v) is 6.90. The molecule has 2 aromatic rings. The van der Waals surface area contributed by atoms with Crippen molar-refractivity contribution >= 4 is 15.7 Å². The van der Waals surface area contributed by atoms with Crippen molar-refractivity contribution in [3.05, 3.63) is 48.0 Å². The van der Waals surface area contributed by atoms with Gasteiger partial charge < -0.3 is 5.73 Å². The quantitative estimate of drug-likeness (QED) is 0.807. The summed E-state index contributed by atoms with van der Waals surface area (Å²) in [6, 6.07) is 13.9. The zero-order valence-corrected chi connectivity index (χ0v) is 10.7. The minimum Gasteiger partial charge on any atom is -0.398 e. The summed E-state index contributed by atoms with van der Waals surface area (Å²) in [5, 5.41) is 14.3. The van der Waals surface area contributed by atoms with Crippen LogP contribution in [0.15, 0.2) is 47.4 Å². The minimum atomic E-state index is -4.05. The van der Waals surface area contributed by atoms with E-state index in [2.05, 4.69) is 0 Å². The van der Waals surface area contributed by atoms with Gasteiger partial charge in [0.05, 0.1) is 11.3 Å². The number of hydrogen-bond donors (Lipinski definition) is 2. The average Bonchev–Trinajstić information content (AvgIpc) is 2.37. The van der Waals surface area contributed by atoms with Crippen LogP contribution in [0.25, 0.3) is 11.1 Å². The maximum absolute atomic E-state index is 11.6. The van der Waals surface area contributed by atoms with Crippen molar-refractivity contribution in [2.24, 2.45) is 5.14 Å². The molecule has 0 radical (unpaired) electrons. The summed E-state index contributed by atoms with van der Waals surface area (Å²) in [5.41, 5.74) is 6.77. The molecule has 0 unspecified atom stereocenters. The highest BCUT2D eigenvalue weighted by Crippen LogP contribution is 2.31. The van der Waals surface area contributed by atoms with Crippen LogP contribution in [-0.4, -0.2) is 8.42 Å². The number of benzene rings is 2. The molecule has 0 aliphatic rings. The van der Waals surface area contributed by atoms with Crippen molar-refractivity contribution in [1.82, 2.24) is 0 Å². The third kappa shape index (κ3) is 2.42. The summed E-state index contributed by atoms with van der Waals surface area (Å²) in [6.45, 7) is 0. The lowest BCUT2D eigenvalue weighted by Crippen LogP contribution is -2.16. The number of hydrogen-bond acceptors (Lipinski definition) is 4. The number of nitrogens with two attached hydrogens (primary N) is 2. The molecule has 0 amide bonds. The Balaban J connectivity index is 2.84. The number of nitrogen functional groups attached to an aromatic ring is 1. The van der Waals surface area contributed by atoms with E-state index in [0.29, 0.717) is 5.56 Å². The molecule has 2 rings (SSSR count). The van der Waals surface area contributed by atoms with E-state index >= 15 is 0 Å². The summed E-state index contributed by atoms with van der Waals surface area (Å²) in [5.74, 6) is 0. The highest BCUT2D eigenvalue weighted by Gasteiger charge is 2.21. The molecule has 6 heteroatoms. The van der Waals surface area contributed by atoms with Crippen molar-refractivity contribution in [3.8, 4) is 17.2 Å². The fraction of sp³-hybridized carbons (Fsp3) is 0. The van der Waals surface area contributed by atoms with Gasteiger partial charge in [-0.25, -0.2) is 13.6 Å². The average molecular weight is 273 g/mol. The van der Waals surface area contributed by atoms with Crippen LogP contribution in [0.1, 0.15) is 5.56 Å². The lowest BCUT2D eigenvalue weighted by atomic mass is 10.00. The lowest BCUT2D eigenvalue weighted by Gasteiger charge is -2.10. The largest absolute Gasteiger partial charge is 0.398 e. The Hall–Kier alpha value is -2.36. The Morgan fingerprint density at radius 2 is 1.68 bits per heavy atom. The molecular weight excluding hydrogens is 262 g/mol. The van der Waals surface area contributed by atoms with Gasteiger partial charge in [-0.15, -0.1) is 0 Å². The third-order valence-electron chi connectivity index (χ3n) is 2.67. The molecule has 0 aliphatic carbocycles. The lowest BCUT2D eigenvalue weighted by molar-refractivity contribution is 0.598. The molecule has 2 aromatic carbocycles. The van der Waals surface area contributed by atoms with E-state index in [4.69, 9.17) is 10.9 Å². The van der Waals surface area contributed by atoms with Crippen LogP contribution < -0.4 is 10.9 Å². The van der Waals surface area contributed by atoms with Gasteiger partial charge >= 0.3 is 0 Å². The molecule has 4 N–H and O–H groups in total. The molecule has 0 aliphatic heterocycles. The second kappa shape index (κ2) is 4.72. The first kappa shape index (κ1) is 13.1. The Labute approximate surface area is 111 Å². The molecule has 0 bridgehead atoms. The Bertz CT molecular complexity index is 762. The zero-order valence-electron chi connectivity index (χ0n) is 9.87. The van der Waals surface area contributed by atoms with Gasteiger partial charge in [0.25, 0.3) is 0 Å². The number of primary sulfonamides is 1. The van der Waals surface area contributed by atoms with Crippen LogP contribution in [-0.2, 0) is 10.0 Å². The van der Waals surface area contributed by atoms with E-state index in [-0.39, 0.29) is 16.1 Å². The van der Waals surface area contributed by atoms with Crippen LogP contribution in [0, 0.1) is 11.3 Å². The van der Waals surface area contributed by atoms with E-state index in [1.54, 1.807) is 30.3 Å². The fourth-order valence-corrected chi connectivity index (χ4v) is 2.71. The van der Waals surface area contributed by atoms with Gasteiger partial charge in [-0.2, -0.15) is 5.26 Å². The topological polar surface area (TPSA) is 110 Å². The van der Waals surface area contributed by atoms with Gasteiger partial charge in [0.1, 0.15) is 11.0 Å². The van der Waals surface area contributed by atoms with E-state index in [1.165, 1.54) is 6.07 Å². The van der Waals surface area contributed by atoms with Crippen molar-refractivity contribution < 1.29 is 8.42 Å². The number of anilines is 1. The monoisotopic (exact) mass is 273 g/mol. The predicted octanol–water partition coefficient (Wildman–Crippen LogP) is 1.45. The minimum absolute atomic E-state index is 0.0290. The molecule has 5 nitrogen and oxygen atoms in total. The van der Waals surface area contributed by atoms with Crippen molar-refractivity contribution in [1.29, 1.82) is 5.26 Å². The summed E-state index contributed by atoms with van der Waals surface area (Å²) in [7, 11) is -4.05. The molecule has 0 aromatic heterocycles. The SMILES string of the molecule is N#Cc1c(-c2ccccc2)ccc(N)c1S(N)(=O)=O. The molecule has 0 fully saturated rings. The van der Waals surface area contributed by atoms with Crippen LogP contribution in [0.2, 0.25) is 0 Å². The fourth-order valence-electron chi connectivity index (χ4n) is 1.87. The molecular formula is C13H11N3O2S. The first-order chi connectivity index (χ1) is 8.95. The van der Waals surface area contributed by atoms with Crippen molar-refractivity contribution in [3.63, 3.8) is 0 Å². The first-order valence-electron chi connectivity index (χ1n) is 5.36. The van der Waals surface area contributed by atoms with Gasteiger partial charge in [0.2, 0.25) is 10.0 Å². The smallest absolute Gasteiger partial charge is 0.241 e. The van der Waals surface area contributed by atoms with E-state index in [9.17, 15) is 13.7 Å². The summed E-state index contributed by atoms with van der Waals surface area (Å²) < 4.78 is 23.1. The van der Waals surface area contributed by atoms with E-state index in [1.807, 2.05) is 12.1 Å². The molecule has 0 saturated carbocycles. The summed E-state index contributed by atoms with van der Waals surface area (Å²) in [4.78, 5) is -0.323. The van der Waals surface area contributed by atoms with Crippen molar-refractivity contribution in [2.75, 3.05) is 5.73 Å². The molecule has 0 atom stereocenters. The van der Waals surface area contributed by atoms with Gasteiger partial charge in [-0.1, -0.05) is 36.4 Å². The molecule has 0 heterocycles. The highest BCUT2D eigenvalue weighted by molar-refractivity contribution is 7.89. The molecule has 19 heavy (non-hydrogen) atoms. The summed E-state index contributed by atoms with van der Waals surface area (Å²) >= 11 is 0. The van der Waals surface area contributed by atoms with Gasteiger partial charge in [0, 0.05) is 5.56 Å². The Morgan fingerprint density at radius 1 is 1.05 bits per heavy atom. The summed E-state index contributed by atoms with van der Waals surface area (Å²) in [6.07, 6.45) is 0. The van der Waals surface area contributed by atoms with Crippen molar-refractivity contribution in [2.45, 2.75) is 4.90 Å². The van der Waals surface area contributed by atoms with Gasteiger partial charge in [-0.05, 0) is 11.6 Å². The Morgan fingerprint density at radius 3 is 2.21 bits per heavy atom. The number of nitriles is 1. The number of nitrogens with zero attached hydrogens (tertiary/aromatic N) is 1. The normalized spacial score (nSPS) is 10.9. The van der Waals surface area contributed by atoms with Crippen LogP contribution >= 0.6 is 0 Å². The highest BCUT2D eigenvalue weighted by atomic mass is 32.2. The number of rotatable bonds is 2. The maximum atomic E-state index is 11.6. The van der Waals surface area contributed by atoms with Crippen LogP contribution in [0.4, 0.5) is 5.69 Å². The molecule has 0 spiro atoms. The molecule has 0 saturated heterocycles. The Kier molecular flexibility index (Phi) is 3.25. The van der Waals surface area contributed by atoms with E-state index in [0.717, 1.165) is 5.56 Å². The maximum Gasteiger partial charge on any atom is 0.241 e. The standard InChI is InChI=1S/C13H11N3O2S/c14-8-11-10(9-4-2-1-3-5-9)6-7-12(15)13(11)19(16,17)18/h1-7H,15H2,(H2,16,17,18). The third-order valence-corrected chi connectivity index (χ3v) is 3.68. The second-order valence-corrected chi connectivity index (χ2v) is 5.43. The van der Waals surface area contributed by atoms with Gasteiger partial charge in [-0.3, -0.25) is 0 Å². The van der Waals surface area contributed by atoms with Crippen LogP contribution in [0.3, 0.4) is 0 Å². The number of sulfonamides is 1. The molecule has 96 valence electrons. The zero-order chi connectivity index (χ0) is 14.0. The van der Waals surface area contributed by atoms with E-state index < -0.39 is 10.0 Å². The van der Waals surface area contributed by atoms with Crippen LogP contribution in [0.5, 0.6) is 0 Å². The van der Waals surface area contributed by atoms with Gasteiger partial charge in [0.15, 0.2) is 0 Å².